The van der Waals surface area contributed by atoms with E-state index in [4.69, 9.17) is 15.3 Å². The van der Waals surface area contributed by atoms with Crippen molar-refractivity contribution in [3.63, 3.8) is 0 Å². The van der Waals surface area contributed by atoms with Gasteiger partial charge >= 0.3 is 26.2 Å². The fourth-order valence-electron chi connectivity index (χ4n) is 0. The Morgan fingerprint density at radius 1 is 1.29 bits per heavy atom. The van der Waals surface area contributed by atoms with E-state index in [1.807, 2.05) is 0 Å². The molecule has 0 bridgehead atoms. The van der Waals surface area contributed by atoms with E-state index in [0.717, 1.165) is 0 Å². The molecular weight excluding hydrogens is 386 g/mol. The van der Waals surface area contributed by atoms with Crippen LogP contribution in [0, 0.1) is 15.3 Å². The molecule has 0 heterocycles. The van der Waals surface area contributed by atoms with E-state index in [1.165, 1.54) is 0 Å². The largest absolute Gasteiger partial charge is 0 e. The second-order valence-electron chi connectivity index (χ2n) is 0.224. The Kier molecular flexibility index (Phi) is 54.5. The Bertz CT molecular complexity index is 37.9. The maximum absolute atomic E-state index is 8.25. The number of hydrogen-bond donors (Lipinski definition) is 0. The fraction of sp³-hybridized carbons (Fsp3) is 0. The predicted octanol–water partition coefficient (Wildman–Crippen LogP) is -1.43. The van der Waals surface area contributed by atoms with Gasteiger partial charge in [0.2, 0.25) is 0 Å². The average molecular weight is 389 g/mol. The van der Waals surface area contributed by atoms with Gasteiger partial charge in [-0.25, -0.2) is 0 Å². The zero-order valence-electron chi connectivity index (χ0n) is 3.07. The van der Waals surface area contributed by atoms with Gasteiger partial charge in [-0.3, -0.25) is 0 Å². The first-order chi connectivity index (χ1) is 1.73. The van der Waals surface area contributed by atoms with Crippen LogP contribution in [0.4, 0.5) is 0 Å². The van der Waals surface area contributed by atoms with Crippen LogP contribution in [-0.4, -0.2) is 31.3 Å². The summed E-state index contributed by atoms with van der Waals surface area (Å²) < 4.78 is 0. The normalized spacial score (nSPS) is 3.43. The summed E-state index contributed by atoms with van der Waals surface area (Å²) in [5, 5.41) is 14.8. The van der Waals surface area contributed by atoms with Crippen molar-refractivity contribution in [2.75, 3.05) is 0 Å². The molecule has 0 spiro atoms. The third kappa shape index (κ3) is 151. The zero-order valence-corrected chi connectivity index (χ0v) is 10.7. The first kappa shape index (κ1) is 24.3. The minimum absolute atomic E-state index is 0. The van der Waals surface area contributed by atoms with Crippen molar-refractivity contribution < 1.29 is 38.9 Å². The van der Waals surface area contributed by atoms with Crippen LogP contribution in [0.5, 0.6) is 0 Å². The Labute approximate surface area is 79.9 Å². The molecule has 0 atom stereocenters. The van der Waals surface area contributed by atoms with Crippen molar-refractivity contribution in [1.29, 1.82) is 0 Å². The third-order valence-electron chi connectivity index (χ3n) is 0. The Morgan fingerprint density at radius 3 is 1.29 bits per heavy atom. The van der Waals surface area contributed by atoms with Crippen molar-refractivity contribution in [1.82, 2.24) is 0 Å². The van der Waals surface area contributed by atoms with Gasteiger partial charge in [0.25, 0.3) is 0 Å². The Hall–Kier alpha value is 1.11. The van der Waals surface area contributed by atoms with Gasteiger partial charge in [-0.15, -0.1) is 0 Å². The summed E-state index contributed by atoms with van der Waals surface area (Å²) >= 11 is 0. The molecule has 0 N–H and O–H groups in total. The van der Waals surface area contributed by atoms with Crippen LogP contribution in [-0.2, 0) is 33.8 Å². The quantitative estimate of drug-likeness (QED) is 0.290. The summed E-state index contributed by atoms with van der Waals surface area (Å²) in [5.41, 5.74) is 0. The smallest absolute Gasteiger partial charge is 0 e. The molecule has 0 saturated heterocycles. The molecule has 0 saturated carbocycles. The fourth-order valence-corrected chi connectivity index (χ4v) is 0. The average Bonchev–Trinajstić information content (AvgIpc) is 0.811. The summed E-state index contributed by atoms with van der Waals surface area (Å²) in [5.74, 6) is 0. The molecule has 0 aliphatic rings. The van der Waals surface area contributed by atoms with Gasteiger partial charge in [0.1, 0.15) is 0 Å². The van der Waals surface area contributed by atoms with Gasteiger partial charge in [-0.05, 0) is 0 Å². The van der Waals surface area contributed by atoms with Crippen LogP contribution in [0.25, 0.3) is 0 Å². The standard InChI is InChI=1S/Bi.Co.Fe.NO3.3H/c;;;2-1(3)4;;;/q;;;-1;;;. The zero-order chi connectivity index (χ0) is 3.58. The SMILES string of the molecule is O=[N+]([O-])[O-].[BiH3].[Co].[Fe]. The van der Waals surface area contributed by atoms with Gasteiger partial charge < -0.3 is 15.3 Å². The van der Waals surface area contributed by atoms with E-state index in [1.54, 1.807) is 0 Å². The molecule has 0 fully saturated rings. The van der Waals surface area contributed by atoms with Gasteiger partial charge in [-0.2, -0.15) is 0 Å². The molecule has 7 heteroatoms. The van der Waals surface area contributed by atoms with Crippen molar-refractivity contribution in [3.05, 3.63) is 15.3 Å². The molecule has 0 rings (SSSR count). The molecule has 0 aliphatic carbocycles. The minimum Gasteiger partial charge on any atom is 0 e. The van der Waals surface area contributed by atoms with E-state index in [2.05, 4.69) is 0 Å². The molecule has 4 nitrogen and oxygen atoms in total. The summed E-state index contributed by atoms with van der Waals surface area (Å²) in [6.07, 6.45) is 0. The molecule has 1 radical (unpaired) electrons. The molecular formula is H3BiCoFeNO3-. The maximum Gasteiger partial charge on any atom is 0 e. The van der Waals surface area contributed by atoms with Crippen molar-refractivity contribution >= 4 is 26.2 Å². The van der Waals surface area contributed by atoms with Crippen molar-refractivity contribution in [3.8, 4) is 0 Å². The third-order valence-corrected chi connectivity index (χ3v) is 0. The van der Waals surface area contributed by atoms with Crippen LogP contribution in [0.3, 0.4) is 0 Å². The van der Waals surface area contributed by atoms with E-state index in [9.17, 15) is 0 Å². The first-order valence-corrected chi connectivity index (χ1v) is 0.548. The number of nitrogens with zero attached hydrogens (tertiary/aromatic N) is 1. The van der Waals surface area contributed by atoms with E-state index in [-0.39, 0.29) is 60.1 Å². The van der Waals surface area contributed by atoms with Crippen LogP contribution in [0.2, 0.25) is 0 Å². The van der Waals surface area contributed by atoms with E-state index < -0.39 is 5.09 Å². The topological polar surface area (TPSA) is 66.2 Å². The minimum atomic E-state index is -1.75. The van der Waals surface area contributed by atoms with Crippen LogP contribution in [0.1, 0.15) is 0 Å². The monoisotopic (exact) mass is 389 g/mol. The molecule has 0 unspecified atom stereocenters. The Morgan fingerprint density at radius 2 is 1.29 bits per heavy atom. The molecule has 0 aliphatic heterocycles. The van der Waals surface area contributed by atoms with Crippen molar-refractivity contribution in [2.24, 2.45) is 0 Å². The molecule has 0 amide bonds. The summed E-state index contributed by atoms with van der Waals surface area (Å²) in [6, 6.07) is 0. The van der Waals surface area contributed by atoms with Gasteiger partial charge in [0.15, 0.2) is 0 Å². The summed E-state index contributed by atoms with van der Waals surface area (Å²) in [7, 11) is 0. The van der Waals surface area contributed by atoms with E-state index >= 15 is 0 Å². The number of rotatable bonds is 0. The second kappa shape index (κ2) is 15.7. The Balaban J connectivity index is -0.0000000150. The van der Waals surface area contributed by atoms with Crippen LogP contribution < -0.4 is 0 Å². The number of hydrogen-bond acceptors (Lipinski definition) is 3. The molecule has 0 aromatic rings. The molecule has 0 aromatic heterocycles. The van der Waals surface area contributed by atoms with Crippen LogP contribution >= 0.6 is 0 Å². The molecule has 49 valence electrons. The van der Waals surface area contributed by atoms with E-state index in [0.29, 0.717) is 0 Å². The summed E-state index contributed by atoms with van der Waals surface area (Å²) in [6.45, 7) is 0. The second-order valence-corrected chi connectivity index (χ2v) is 0.224. The molecule has 7 heavy (non-hydrogen) atoms. The van der Waals surface area contributed by atoms with Crippen LogP contribution in [0.15, 0.2) is 0 Å². The van der Waals surface area contributed by atoms with Gasteiger partial charge in [0, 0.05) is 33.8 Å². The molecule has 0 aromatic carbocycles. The first-order valence-electron chi connectivity index (χ1n) is 0.548. The van der Waals surface area contributed by atoms with Crippen molar-refractivity contribution in [2.45, 2.75) is 0 Å². The predicted molar refractivity (Wildman–Crippen MR) is 20.3 cm³/mol. The van der Waals surface area contributed by atoms with Gasteiger partial charge in [0.05, 0.1) is 5.09 Å². The van der Waals surface area contributed by atoms with Gasteiger partial charge in [-0.1, -0.05) is 0 Å². The maximum atomic E-state index is 8.25. The summed E-state index contributed by atoms with van der Waals surface area (Å²) in [4.78, 5) is 8.25.